The molecule has 1 unspecified atom stereocenters. The van der Waals surface area contributed by atoms with Crippen LogP contribution in [0.5, 0.6) is 5.75 Å². The Morgan fingerprint density at radius 1 is 0.957 bits per heavy atom. The van der Waals surface area contributed by atoms with E-state index >= 15 is 0 Å². The number of ether oxygens (including phenoxy) is 1. The molecule has 4 aliphatic carbocycles. The van der Waals surface area contributed by atoms with Gasteiger partial charge in [0.1, 0.15) is 11.4 Å². The van der Waals surface area contributed by atoms with Crippen LogP contribution < -0.4 is 4.74 Å². The van der Waals surface area contributed by atoms with Crippen LogP contribution in [0.25, 0.3) is 0 Å². The summed E-state index contributed by atoms with van der Waals surface area (Å²) < 4.78 is 6.80. The third-order valence-corrected chi connectivity index (χ3v) is 7.44. The average Bonchev–Trinajstić information content (AvgIpc) is 2.57. The molecule has 126 valence electrons. The van der Waals surface area contributed by atoms with Crippen molar-refractivity contribution in [1.82, 2.24) is 0 Å². The van der Waals surface area contributed by atoms with E-state index < -0.39 is 0 Å². The van der Waals surface area contributed by atoms with Crippen LogP contribution in [0.3, 0.4) is 0 Å². The van der Waals surface area contributed by atoms with Gasteiger partial charge < -0.3 is 4.74 Å². The van der Waals surface area contributed by atoms with Crippen LogP contribution >= 0.6 is 0 Å². The quantitative estimate of drug-likeness (QED) is 0.630. The molecule has 0 radical (unpaired) electrons. The maximum atomic E-state index is 6.80. The predicted octanol–water partition coefficient (Wildman–Crippen LogP) is 6.18. The summed E-state index contributed by atoms with van der Waals surface area (Å²) in [6.07, 6.45) is 9.58. The molecule has 1 atom stereocenters. The van der Waals surface area contributed by atoms with Gasteiger partial charge in [0.25, 0.3) is 0 Å². The molecule has 4 aliphatic rings. The van der Waals surface area contributed by atoms with E-state index in [2.05, 4.69) is 45.0 Å². The molecule has 0 saturated heterocycles. The monoisotopic (exact) mass is 312 g/mol. The van der Waals surface area contributed by atoms with E-state index in [0.29, 0.717) is 5.92 Å². The number of rotatable bonds is 5. The lowest BCUT2D eigenvalue weighted by Gasteiger charge is -2.60. The summed E-state index contributed by atoms with van der Waals surface area (Å²) in [5.41, 5.74) is 1.57. The van der Waals surface area contributed by atoms with Crippen molar-refractivity contribution < 1.29 is 4.74 Å². The van der Waals surface area contributed by atoms with Gasteiger partial charge in [-0.15, -0.1) is 0 Å². The molecule has 0 aromatic heterocycles. The molecule has 1 aromatic carbocycles. The summed E-state index contributed by atoms with van der Waals surface area (Å²) >= 11 is 0. The first-order valence-electron chi connectivity index (χ1n) is 9.93. The normalized spacial score (nSPS) is 39.4. The second-order valence-electron chi connectivity index (χ2n) is 8.59. The molecular formula is C22H32O. The molecule has 0 aliphatic heterocycles. The fraction of sp³-hybridized carbons (Fsp3) is 0.727. The second kappa shape index (κ2) is 5.83. The van der Waals surface area contributed by atoms with Gasteiger partial charge in [0.15, 0.2) is 0 Å². The summed E-state index contributed by atoms with van der Waals surface area (Å²) in [5, 5.41) is 0. The first-order valence-corrected chi connectivity index (χ1v) is 9.93. The van der Waals surface area contributed by atoms with Crippen molar-refractivity contribution in [2.24, 2.45) is 23.7 Å². The fourth-order valence-electron chi connectivity index (χ4n) is 6.12. The molecule has 1 nitrogen and oxygen atoms in total. The predicted molar refractivity (Wildman–Crippen MR) is 95.8 cm³/mol. The molecular weight excluding hydrogens is 280 g/mol. The molecule has 0 heterocycles. The van der Waals surface area contributed by atoms with Gasteiger partial charge in [0, 0.05) is 0 Å². The van der Waals surface area contributed by atoms with Crippen molar-refractivity contribution in [2.75, 3.05) is 0 Å². The largest absolute Gasteiger partial charge is 0.487 e. The highest BCUT2D eigenvalue weighted by Crippen LogP contribution is 2.60. The van der Waals surface area contributed by atoms with E-state index in [0.717, 1.165) is 29.4 Å². The highest BCUT2D eigenvalue weighted by molar-refractivity contribution is 5.30. The molecule has 1 heteroatoms. The summed E-state index contributed by atoms with van der Waals surface area (Å²) in [6, 6.07) is 9.01. The fourth-order valence-corrected chi connectivity index (χ4v) is 6.12. The molecule has 4 bridgehead atoms. The van der Waals surface area contributed by atoms with Crippen LogP contribution in [0, 0.1) is 23.7 Å². The maximum absolute atomic E-state index is 6.80. The van der Waals surface area contributed by atoms with Gasteiger partial charge in [-0.25, -0.2) is 0 Å². The standard InChI is InChI=1S/C22H32O/c1-4-15(3)18-6-8-21(9-7-18)23-22(5-2)19-11-16-10-17(13-19)14-20(22)12-16/h6-9,15-17,19-20H,4-5,10-14H2,1-3H3. The lowest BCUT2D eigenvalue weighted by Crippen LogP contribution is -2.60. The molecule has 1 aromatic rings. The Kier molecular flexibility index (Phi) is 3.94. The van der Waals surface area contributed by atoms with Crippen LogP contribution in [0.15, 0.2) is 24.3 Å². The minimum atomic E-state index is 0.130. The van der Waals surface area contributed by atoms with Gasteiger partial charge in [0.05, 0.1) is 0 Å². The Morgan fingerprint density at radius 2 is 1.52 bits per heavy atom. The van der Waals surface area contributed by atoms with Gasteiger partial charge in [-0.1, -0.05) is 32.9 Å². The highest BCUT2D eigenvalue weighted by atomic mass is 16.5. The first kappa shape index (κ1) is 15.5. The van der Waals surface area contributed by atoms with Crippen LogP contribution in [-0.2, 0) is 0 Å². The van der Waals surface area contributed by atoms with Crippen LogP contribution in [0.4, 0.5) is 0 Å². The van der Waals surface area contributed by atoms with Gasteiger partial charge in [0.2, 0.25) is 0 Å². The first-order chi connectivity index (χ1) is 11.1. The van der Waals surface area contributed by atoms with E-state index in [9.17, 15) is 0 Å². The minimum Gasteiger partial charge on any atom is -0.487 e. The zero-order valence-electron chi connectivity index (χ0n) is 15.1. The second-order valence-corrected chi connectivity index (χ2v) is 8.59. The van der Waals surface area contributed by atoms with Crippen molar-refractivity contribution in [2.45, 2.75) is 77.2 Å². The molecule has 0 spiro atoms. The van der Waals surface area contributed by atoms with E-state index in [4.69, 9.17) is 4.74 Å². The third kappa shape index (κ3) is 2.51. The maximum Gasteiger partial charge on any atom is 0.120 e. The highest BCUT2D eigenvalue weighted by Gasteiger charge is 2.57. The smallest absolute Gasteiger partial charge is 0.120 e. The Labute approximate surface area is 141 Å². The van der Waals surface area contributed by atoms with Gasteiger partial charge in [-0.2, -0.15) is 0 Å². The van der Waals surface area contributed by atoms with Gasteiger partial charge in [-0.05, 0) is 92.2 Å². The summed E-state index contributed by atoms with van der Waals surface area (Å²) in [6.45, 7) is 6.92. The third-order valence-electron chi connectivity index (χ3n) is 7.44. The zero-order chi connectivity index (χ0) is 16.0. The topological polar surface area (TPSA) is 9.23 Å². The van der Waals surface area contributed by atoms with Crippen molar-refractivity contribution in [3.05, 3.63) is 29.8 Å². The Balaban J connectivity index is 1.56. The van der Waals surface area contributed by atoms with Crippen LogP contribution in [0.2, 0.25) is 0 Å². The number of benzene rings is 1. The lowest BCUT2D eigenvalue weighted by molar-refractivity contribution is -0.157. The SMILES string of the molecule is CCC(C)c1ccc(OC2(CC)C3CC4CC(C3)CC2C4)cc1. The van der Waals surface area contributed by atoms with Crippen LogP contribution in [0.1, 0.15) is 77.2 Å². The Bertz CT molecular complexity index is 516. The van der Waals surface area contributed by atoms with Gasteiger partial charge in [-0.3, -0.25) is 0 Å². The summed E-state index contributed by atoms with van der Waals surface area (Å²) in [4.78, 5) is 0. The Hall–Kier alpha value is -0.980. The summed E-state index contributed by atoms with van der Waals surface area (Å²) in [7, 11) is 0. The van der Waals surface area contributed by atoms with Crippen LogP contribution in [-0.4, -0.2) is 5.60 Å². The van der Waals surface area contributed by atoms with Crippen molar-refractivity contribution >= 4 is 0 Å². The zero-order valence-corrected chi connectivity index (χ0v) is 15.1. The minimum absolute atomic E-state index is 0.130. The average molecular weight is 312 g/mol. The Morgan fingerprint density at radius 3 is 2.00 bits per heavy atom. The summed E-state index contributed by atoms with van der Waals surface area (Å²) in [5.74, 6) is 5.37. The van der Waals surface area contributed by atoms with Gasteiger partial charge >= 0.3 is 0 Å². The molecule has 4 saturated carbocycles. The molecule has 0 amide bonds. The van der Waals surface area contributed by atoms with Crippen molar-refractivity contribution in [3.63, 3.8) is 0 Å². The molecule has 4 fully saturated rings. The molecule has 5 rings (SSSR count). The number of hydrogen-bond donors (Lipinski definition) is 0. The van der Waals surface area contributed by atoms with Crippen molar-refractivity contribution in [3.8, 4) is 5.75 Å². The van der Waals surface area contributed by atoms with Crippen molar-refractivity contribution in [1.29, 1.82) is 0 Å². The number of hydrogen-bond acceptors (Lipinski definition) is 1. The van der Waals surface area contributed by atoms with E-state index in [-0.39, 0.29) is 5.60 Å². The van der Waals surface area contributed by atoms with E-state index in [1.807, 2.05) is 0 Å². The van der Waals surface area contributed by atoms with E-state index in [1.54, 1.807) is 0 Å². The lowest BCUT2D eigenvalue weighted by atomic mass is 9.49. The molecule has 0 N–H and O–H groups in total. The van der Waals surface area contributed by atoms with E-state index in [1.165, 1.54) is 50.5 Å². The molecule has 23 heavy (non-hydrogen) atoms.